The van der Waals surface area contributed by atoms with Gasteiger partial charge < -0.3 is 29.7 Å². The Morgan fingerprint density at radius 3 is 2.39 bits per heavy atom. The fourth-order valence-corrected chi connectivity index (χ4v) is 4.71. The lowest BCUT2D eigenvalue weighted by atomic mass is 9.80. The predicted octanol–water partition coefficient (Wildman–Crippen LogP) is 3.14. The summed E-state index contributed by atoms with van der Waals surface area (Å²) in [7, 11) is 0. The summed E-state index contributed by atoms with van der Waals surface area (Å²) >= 11 is 0. The monoisotopic (exact) mass is 503 g/mol. The van der Waals surface area contributed by atoms with Gasteiger partial charge in [-0.05, 0) is 58.9 Å². The smallest absolute Gasteiger partial charge is 0.408 e. The van der Waals surface area contributed by atoms with E-state index in [1.165, 1.54) is 0 Å². The van der Waals surface area contributed by atoms with Gasteiger partial charge in [-0.3, -0.25) is 9.59 Å². The van der Waals surface area contributed by atoms with E-state index in [0.29, 0.717) is 32.2 Å². The molecule has 0 bridgehead atoms. The number of carbonyl (C=O) groups is 4. The van der Waals surface area contributed by atoms with E-state index < -0.39 is 35.7 Å². The first-order valence-corrected chi connectivity index (χ1v) is 12.5. The second-order valence-electron chi connectivity index (χ2n) is 10.2. The van der Waals surface area contributed by atoms with Crippen molar-refractivity contribution in [2.75, 3.05) is 13.2 Å². The molecule has 1 heterocycles. The number of alkyl carbamates (subject to hydrolysis) is 2. The zero-order valence-electron chi connectivity index (χ0n) is 21.5. The SMILES string of the molecule is CCOC(=O)C1CC(NC(=O)OC(C)(C)C)CCC1N1CCC(NC(=O)OCc2ccccc2)C1=O. The maximum absolute atomic E-state index is 13.2. The molecule has 198 valence electrons. The van der Waals surface area contributed by atoms with E-state index in [1.807, 2.05) is 30.3 Å². The minimum atomic E-state index is -0.714. The number of esters is 1. The Bertz CT molecular complexity index is 931. The van der Waals surface area contributed by atoms with Gasteiger partial charge in [-0.15, -0.1) is 0 Å². The second-order valence-corrected chi connectivity index (χ2v) is 10.2. The van der Waals surface area contributed by atoms with Crippen molar-refractivity contribution < 1.29 is 33.4 Å². The Kier molecular flexibility index (Phi) is 9.17. The summed E-state index contributed by atoms with van der Waals surface area (Å²) in [5, 5.41) is 5.49. The minimum Gasteiger partial charge on any atom is -0.466 e. The number of nitrogens with zero attached hydrogens (tertiary/aromatic N) is 1. The molecule has 36 heavy (non-hydrogen) atoms. The van der Waals surface area contributed by atoms with Crippen LogP contribution in [0.15, 0.2) is 30.3 Å². The molecule has 2 aliphatic rings. The summed E-state index contributed by atoms with van der Waals surface area (Å²) in [4.78, 5) is 52.2. The molecule has 0 aromatic heterocycles. The van der Waals surface area contributed by atoms with Crippen molar-refractivity contribution in [1.29, 1.82) is 0 Å². The molecular weight excluding hydrogens is 466 g/mol. The average Bonchev–Trinajstić information content (AvgIpc) is 3.17. The van der Waals surface area contributed by atoms with E-state index in [2.05, 4.69) is 10.6 Å². The summed E-state index contributed by atoms with van der Waals surface area (Å²) in [5.74, 6) is -1.24. The molecule has 2 fully saturated rings. The molecule has 1 aromatic carbocycles. The van der Waals surface area contributed by atoms with E-state index >= 15 is 0 Å². The summed E-state index contributed by atoms with van der Waals surface area (Å²) in [6.07, 6.45) is 0.659. The van der Waals surface area contributed by atoms with Gasteiger partial charge in [0.25, 0.3) is 0 Å². The highest BCUT2D eigenvalue weighted by molar-refractivity contribution is 5.88. The number of benzene rings is 1. The molecule has 3 amide bonds. The van der Waals surface area contributed by atoms with Gasteiger partial charge in [-0.1, -0.05) is 30.3 Å². The molecule has 4 unspecified atom stereocenters. The van der Waals surface area contributed by atoms with E-state index in [9.17, 15) is 19.2 Å². The Hall–Kier alpha value is -3.30. The standard InChI is InChI=1S/C26H37N3O7/c1-5-34-23(31)19-15-18(27-25(33)36-26(2,3)4)11-12-21(19)29-14-13-20(22(29)30)28-24(32)35-16-17-9-7-6-8-10-17/h6-10,18-21H,5,11-16H2,1-4H3,(H,27,33)(H,28,32). The van der Waals surface area contributed by atoms with Gasteiger partial charge in [0.1, 0.15) is 18.2 Å². The Labute approximate surface area is 212 Å². The Balaban J connectivity index is 1.59. The van der Waals surface area contributed by atoms with Crippen molar-refractivity contribution in [1.82, 2.24) is 15.5 Å². The lowest BCUT2D eigenvalue weighted by Crippen LogP contribution is -2.53. The highest BCUT2D eigenvalue weighted by Crippen LogP contribution is 2.33. The molecule has 1 aliphatic carbocycles. The number of hydrogen-bond acceptors (Lipinski definition) is 7. The Morgan fingerprint density at radius 1 is 1.00 bits per heavy atom. The number of ether oxygens (including phenoxy) is 3. The van der Waals surface area contributed by atoms with Crippen molar-refractivity contribution in [3.05, 3.63) is 35.9 Å². The first-order chi connectivity index (χ1) is 17.1. The van der Waals surface area contributed by atoms with Crippen molar-refractivity contribution in [3.8, 4) is 0 Å². The number of likely N-dealkylation sites (tertiary alicyclic amines) is 1. The Morgan fingerprint density at radius 2 is 1.72 bits per heavy atom. The van der Waals surface area contributed by atoms with Crippen LogP contribution in [0.4, 0.5) is 9.59 Å². The molecule has 10 nitrogen and oxygen atoms in total. The van der Waals surface area contributed by atoms with Crippen LogP contribution < -0.4 is 10.6 Å². The molecule has 1 saturated carbocycles. The maximum Gasteiger partial charge on any atom is 0.408 e. The van der Waals surface area contributed by atoms with Crippen molar-refractivity contribution in [2.45, 2.75) is 83.7 Å². The number of nitrogens with one attached hydrogen (secondary N) is 2. The fourth-order valence-electron chi connectivity index (χ4n) is 4.71. The second kappa shape index (κ2) is 12.1. The zero-order valence-corrected chi connectivity index (χ0v) is 21.5. The third-order valence-electron chi connectivity index (χ3n) is 6.27. The van der Waals surface area contributed by atoms with E-state index in [-0.39, 0.29) is 31.2 Å². The first kappa shape index (κ1) is 27.3. The summed E-state index contributed by atoms with van der Waals surface area (Å²) < 4.78 is 15.9. The summed E-state index contributed by atoms with van der Waals surface area (Å²) in [6.45, 7) is 7.82. The molecule has 1 aliphatic heterocycles. The van der Waals surface area contributed by atoms with Crippen LogP contribution in [-0.4, -0.2) is 65.8 Å². The topological polar surface area (TPSA) is 123 Å². The van der Waals surface area contributed by atoms with Gasteiger partial charge >= 0.3 is 18.2 Å². The number of rotatable bonds is 7. The third-order valence-corrected chi connectivity index (χ3v) is 6.27. The number of amides is 3. The number of hydrogen-bond donors (Lipinski definition) is 2. The molecule has 1 aromatic rings. The van der Waals surface area contributed by atoms with Crippen LogP contribution in [-0.2, 0) is 30.4 Å². The van der Waals surface area contributed by atoms with Gasteiger partial charge in [0, 0.05) is 18.6 Å². The van der Waals surface area contributed by atoms with Crippen molar-refractivity contribution in [3.63, 3.8) is 0 Å². The molecular formula is C26H37N3O7. The van der Waals surface area contributed by atoms with Crippen LogP contribution in [0.3, 0.4) is 0 Å². The average molecular weight is 504 g/mol. The van der Waals surface area contributed by atoms with E-state index in [0.717, 1.165) is 5.56 Å². The zero-order chi connectivity index (χ0) is 26.3. The predicted molar refractivity (Wildman–Crippen MR) is 131 cm³/mol. The largest absolute Gasteiger partial charge is 0.466 e. The molecule has 3 rings (SSSR count). The van der Waals surface area contributed by atoms with Crippen LogP contribution in [0, 0.1) is 5.92 Å². The summed E-state index contributed by atoms with van der Waals surface area (Å²) in [5.41, 5.74) is 0.217. The lowest BCUT2D eigenvalue weighted by Gasteiger charge is -2.40. The third kappa shape index (κ3) is 7.60. The highest BCUT2D eigenvalue weighted by Gasteiger charge is 2.45. The quantitative estimate of drug-likeness (QED) is 0.433. The van der Waals surface area contributed by atoms with Gasteiger partial charge in [-0.2, -0.15) is 0 Å². The van der Waals surface area contributed by atoms with E-state index in [1.54, 1.807) is 32.6 Å². The number of carbonyl (C=O) groups excluding carboxylic acids is 4. The molecule has 0 radical (unpaired) electrons. The van der Waals surface area contributed by atoms with Crippen LogP contribution in [0.5, 0.6) is 0 Å². The molecule has 1 saturated heterocycles. The normalized spacial score (nSPS) is 24.1. The van der Waals surface area contributed by atoms with Crippen LogP contribution in [0.25, 0.3) is 0 Å². The van der Waals surface area contributed by atoms with E-state index in [4.69, 9.17) is 14.2 Å². The minimum absolute atomic E-state index is 0.108. The van der Waals surface area contributed by atoms with Crippen LogP contribution in [0.2, 0.25) is 0 Å². The van der Waals surface area contributed by atoms with Gasteiger partial charge in [0.15, 0.2) is 0 Å². The highest BCUT2D eigenvalue weighted by atomic mass is 16.6. The van der Waals surface area contributed by atoms with Gasteiger partial charge in [-0.25, -0.2) is 9.59 Å². The summed E-state index contributed by atoms with van der Waals surface area (Å²) in [6, 6.07) is 7.91. The fraction of sp³-hybridized carbons (Fsp3) is 0.615. The van der Waals surface area contributed by atoms with Crippen molar-refractivity contribution >= 4 is 24.1 Å². The lowest BCUT2D eigenvalue weighted by molar-refractivity contribution is -0.153. The van der Waals surface area contributed by atoms with Crippen molar-refractivity contribution in [2.24, 2.45) is 5.92 Å². The molecule has 2 N–H and O–H groups in total. The first-order valence-electron chi connectivity index (χ1n) is 12.5. The van der Waals surface area contributed by atoms with Gasteiger partial charge in [0.2, 0.25) is 5.91 Å². The molecule has 4 atom stereocenters. The van der Waals surface area contributed by atoms with Crippen LogP contribution in [0.1, 0.15) is 58.9 Å². The van der Waals surface area contributed by atoms with Gasteiger partial charge in [0.05, 0.1) is 12.5 Å². The van der Waals surface area contributed by atoms with Crippen LogP contribution >= 0.6 is 0 Å². The molecule has 10 heteroatoms. The molecule has 0 spiro atoms. The maximum atomic E-state index is 13.2.